The van der Waals surface area contributed by atoms with Gasteiger partial charge in [-0.15, -0.1) is 0 Å². The van der Waals surface area contributed by atoms with Gasteiger partial charge in [-0.2, -0.15) is 0 Å². The standard InChI is InChI=1S/C13H26O5.CH2O3/c1-11(2,3)8-9-16-18-13(6,7)12(4,5)17-10(14)15;2-1(3)4/h8-9H2,1-7H3,(H,14,15);(H2,2,3,4). The van der Waals surface area contributed by atoms with Gasteiger partial charge in [0.2, 0.25) is 0 Å². The van der Waals surface area contributed by atoms with E-state index in [0.717, 1.165) is 6.42 Å². The minimum Gasteiger partial charge on any atom is -0.450 e. The maximum Gasteiger partial charge on any atom is 0.506 e. The molecule has 0 radical (unpaired) electrons. The van der Waals surface area contributed by atoms with E-state index in [1.54, 1.807) is 27.7 Å². The first-order chi connectivity index (χ1) is 9.61. The Bertz CT molecular complexity index is 350. The van der Waals surface area contributed by atoms with Crippen LogP contribution in [0.15, 0.2) is 0 Å². The van der Waals surface area contributed by atoms with Gasteiger partial charge in [0.25, 0.3) is 0 Å². The summed E-state index contributed by atoms with van der Waals surface area (Å²) in [5.74, 6) is 0. The molecule has 8 nitrogen and oxygen atoms in total. The lowest BCUT2D eigenvalue weighted by Crippen LogP contribution is -2.50. The van der Waals surface area contributed by atoms with Crippen molar-refractivity contribution in [1.29, 1.82) is 0 Å². The van der Waals surface area contributed by atoms with Crippen LogP contribution in [0.3, 0.4) is 0 Å². The van der Waals surface area contributed by atoms with Gasteiger partial charge in [-0.25, -0.2) is 19.4 Å². The van der Waals surface area contributed by atoms with Crippen LogP contribution in [0.2, 0.25) is 0 Å². The Hall–Kier alpha value is -1.54. The summed E-state index contributed by atoms with van der Waals surface area (Å²) < 4.78 is 4.81. The highest BCUT2D eigenvalue weighted by Gasteiger charge is 2.43. The Morgan fingerprint density at radius 3 is 1.59 bits per heavy atom. The van der Waals surface area contributed by atoms with Crippen molar-refractivity contribution in [3.05, 3.63) is 0 Å². The molecule has 0 spiro atoms. The van der Waals surface area contributed by atoms with Gasteiger partial charge in [0.1, 0.15) is 11.2 Å². The molecule has 8 heteroatoms. The Kier molecular flexibility index (Phi) is 9.09. The molecule has 0 saturated heterocycles. The monoisotopic (exact) mass is 324 g/mol. The number of ether oxygens (including phenoxy) is 1. The van der Waals surface area contributed by atoms with Crippen LogP contribution in [0.25, 0.3) is 0 Å². The number of rotatable bonds is 6. The van der Waals surface area contributed by atoms with Crippen molar-refractivity contribution in [2.75, 3.05) is 6.61 Å². The molecule has 0 bridgehead atoms. The van der Waals surface area contributed by atoms with E-state index >= 15 is 0 Å². The topological polar surface area (TPSA) is 123 Å². The summed E-state index contributed by atoms with van der Waals surface area (Å²) in [6.07, 6.45) is -2.31. The number of hydrogen-bond acceptors (Lipinski definition) is 5. The predicted molar refractivity (Wildman–Crippen MR) is 79.0 cm³/mol. The number of carboxylic acid groups (broad SMARTS) is 3. The normalized spacial score (nSPS) is 12.1. The average molecular weight is 324 g/mol. The van der Waals surface area contributed by atoms with Crippen LogP contribution in [0.5, 0.6) is 0 Å². The summed E-state index contributed by atoms with van der Waals surface area (Å²) in [5.41, 5.74) is -1.70. The van der Waals surface area contributed by atoms with E-state index in [0.29, 0.717) is 6.61 Å². The van der Waals surface area contributed by atoms with E-state index in [1.165, 1.54) is 0 Å². The highest BCUT2D eigenvalue weighted by Crippen LogP contribution is 2.30. The Morgan fingerprint density at radius 2 is 1.27 bits per heavy atom. The average Bonchev–Trinajstić information content (AvgIpc) is 2.20. The second-order valence-electron chi connectivity index (χ2n) is 6.89. The molecule has 0 aliphatic rings. The summed E-state index contributed by atoms with van der Waals surface area (Å²) in [4.78, 5) is 29.6. The van der Waals surface area contributed by atoms with Crippen molar-refractivity contribution in [1.82, 2.24) is 0 Å². The zero-order valence-corrected chi connectivity index (χ0v) is 14.3. The molecular formula is C14H28O8. The molecule has 0 fully saturated rings. The summed E-state index contributed by atoms with van der Waals surface area (Å²) in [5, 5.41) is 22.6. The Balaban J connectivity index is 0. The van der Waals surface area contributed by atoms with Gasteiger partial charge in [0.15, 0.2) is 0 Å². The van der Waals surface area contributed by atoms with Gasteiger partial charge in [0, 0.05) is 0 Å². The van der Waals surface area contributed by atoms with Gasteiger partial charge in [-0.1, -0.05) is 20.8 Å². The maximum atomic E-state index is 10.6. The SMILES string of the molecule is CC(C)(C)CCOOC(C)(C)C(C)(C)OC(=O)O.O=C(O)O. The maximum absolute atomic E-state index is 10.6. The van der Waals surface area contributed by atoms with Crippen LogP contribution in [-0.4, -0.2) is 45.4 Å². The van der Waals surface area contributed by atoms with Crippen LogP contribution in [-0.2, 0) is 14.5 Å². The molecule has 0 aromatic heterocycles. The third-order valence-corrected chi connectivity index (χ3v) is 3.00. The minimum atomic E-state index is -1.83. The molecule has 0 heterocycles. The van der Waals surface area contributed by atoms with Crippen LogP contribution in [0.1, 0.15) is 54.9 Å². The smallest absolute Gasteiger partial charge is 0.450 e. The Morgan fingerprint density at radius 1 is 0.864 bits per heavy atom. The van der Waals surface area contributed by atoms with E-state index in [4.69, 9.17) is 34.6 Å². The molecule has 0 aliphatic heterocycles. The van der Waals surface area contributed by atoms with Crippen molar-refractivity contribution >= 4 is 12.3 Å². The number of carbonyl (C=O) groups is 2. The zero-order chi connectivity index (χ0) is 18.2. The predicted octanol–water partition coefficient (Wildman–Crippen LogP) is 3.85. The molecule has 0 unspecified atom stereocenters. The first-order valence-corrected chi connectivity index (χ1v) is 6.75. The molecule has 0 aromatic rings. The van der Waals surface area contributed by atoms with Gasteiger partial charge in [-0.05, 0) is 39.5 Å². The largest absolute Gasteiger partial charge is 0.506 e. The van der Waals surface area contributed by atoms with Crippen LogP contribution >= 0.6 is 0 Å². The van der Waals surface area contributed by atoms with E-state index < -0.39 is 23.5 Å². The highest BCUT2D eigenvalue weighted by atomic mass is 17.2. The lowest BCUT2D eigenvalue weighted by Gasteiger charge is -2.38. The molecule has 0 aliphatic carbocycles. The summed E-state index contributed by atoms with van der Waals surface area (Å²) in [6.45, 7) is 13.5. The van der Waals surface area contributed by atoms with Gasteiger partial charge in [-0.3, -0.25) is 0 Å². The zero-order valence-electron chi connectivity index (χ0n) is 14.3. The van der Waals surface area contributed by atoms with E-state index in [9.17, 15) is 4.79 Å². The fraction of sp³-hybridized carbons (Fsp3) is 0.857. The summed E-state index contributed by atoms with van der Waals surface area (Å²) in [7, 11) is 0. The molecule has 22 heavy (non-hydrogen) atoms. The fourth-order valence-electron chi connectivity index (χ4n) is 0.978. The molecule has 3 N–H and O–H groups in total. The van der Waals surface area contributed by atoms with E-state index in [2.05, 4.69) is 20.8 Å². The van der Waals surface area contributed by atoms with E-state index in [-0.39, 0.29) is 5.41 Å². The fourth-order valence-corrected chi connectivity index (χ4v) is 0.978. The third-order valence-electron chi connectivity index (χ3n) is 3.00. The van der Waals surface area contributed by atoms with Crippen LogP contribution < -0.4 is 0 Å². The molecule has 0 rings (SSSR count). The molecular weight excluding hydrogens is 296 g/mol. The number of hydrogen-bond donors (Lipinski definition) is 3. The van der Waals surface area contributed by atoms with Gasteiger partial charge < -0.3 is 20.1 Å². The van der Waals surface area contributed by atoms with Crippen molar-refractivity contribution in [3.8, 4) is 0 Å². The molecule has 0 saturated carbocycles. The third kappa shape index (κ3) is 12.2. The quantitative estimate of drug-likeness (QED) is 0.291. The second kappa shape index (κ2) is 8.79. The lowest BCUT2D eigenvalue weighted by molar-refractivity contribution is -0.382. The van der Waals surface area contributed by atoms with Crippen molar-refractivity contribution in [2.24, 2.45) is 5.41 Å². The molecule has 0 amide bonds. The molecule has 0 aromatic carbocycles. The first kappa shape index (κ1) is 22.7. The first-order valence-electron chi connectivity index (χ1n) is 6.75. The summed E-state index contributed by atoms with van der Waals surface area (Å²) >= 11 is 0. The minimum absolute atomic E-state index is 0.167. The van der Waals surface area contributed by atoms with Crippen molar-refractivity contribution < 1.29 is 39.4 Å². The van der Waals surface area contributed by atoms with Crippen LogP contribution in [0.4, 0.5) is 9.59 Å². The summed E-state index contributed by atoms with van der Waals surface area (Å²) in [6, 6.07) is 0. The Labute approximate surface area is 130 Å². The van der Waals surface area contributed by atoms with E-state index in [1.807, 2.05) is 0 Å². The van der Waals surface area contributed by atoms with Gasteiger partial charge in [0.05, 0.1) is 6.61 Å². The van der Waals surface area contributed by atoms with Gasteiger partial charge >= 0.3 is 12.3 Å². The second-order valence-corrected chi connectivity index (χ2v) is 6.89. The van der Waals surface area contributed by atoms with Crippen molar-refractivity contribution in [2.45, 2.75) is 66.1 Å². The molecule has 132 valence electrons. The van der Waals surface area contributed by atoms with Crippen LogP contribution in [0, 0.1) is 5.41 Å². The highest BCUT2D eigenvalue weighted by molar-refractivity contribution is 5.57. The molecule has 0 atom stereocenters. The lowest BCUT2D eigenvalue weighted by atomic mass is 9.89. The van der Waals surface area contributed by atoms with Crippen molar-refractivity contribution in [3.63, 3.8) is 0 Å².